The fraction of sp³-hybridized carbons (Fsp3) is 0.700. The van der Waals surface area contributed by atoms with Crippen LogP contribution in [-0.4, -0.2) is 23.7 Å². The fourth-order valence-electron chi connectivity index (χ4n) is 1.32. The minimum atomic E-state index is -5.65. The van der Waals surface area contributed by atoms with Gasteiger partial charge in [0.2, 0.25) is 5.88 Å². The van der Waals surface area contributed by atoms with Gasteiger partial charge in [-0.2, -0.15) is 26.7 Å². The summed E-state index contributed by atoms with van der Waals surface area (Å²) in [5.41, 5.74) is -4.97. The second-order valence-corrected chi connectivity index (χ2v) is 5.43. The van der Waals surface area contributed by atoms with Crippen LogP contribution in [0.2, 0.25) is 0 Å². The van der Waals surface area contributed by atoms with Crippen molar-refractivity contribution in [2.24, 2.45) is 0 Å². The van der Waals surface area contributed by atoms with Crippen LogP contribution >= 0.6 is 0 Å². The number of nitrogens with zero attached hydrogens (tertiary/aromatic N) is 2. The molecule has 0 unspecified atom stereocenters. The third-order valence-corrected chi connectivity index (χ3v) is 3.32. The smallest absolute Gasteiger partial charge is 0.356 e. The van der Waals surface area contributed by atoms with E-state index in [0.717, 1.165) is 11.1 Å². The molecule has 9 heteroatoms. The molecule has 1 rings (SSSR count). The molecule has 0 atom stereocenters. The number of aryl methyl sites for hydroxylation is 2. The quantitative estimate of drug-likeness (QED) is 0.598. The Morgan fingerprint density at radius 1 is 1.37 bits per heavy atom. The third-order valence-electron chi connectivity index (χ3n) is 2.36. The molecule has 1 heterocycles. The maximum absolute atomic E-state index is 12.2. The van der Waals surface area contributed by atoms with Crippen LogP contribution in [-0.2, 0) is 23.1 Å². The molecular weight excluding hydrogens is 285 g/mol. The second kappa shape index (κ2) is 5.81. The lowest BCUT2D eigenvalue weighted by atomic mass is 10.3. The number of rotatable bonds is 6. The van der Waals surface area contributed by atoms with E-state index in [1.54, 1.807) is 6.92 Å². The number of aromatic nitrogens is 2. The molecule has 0 bridgehead atoms. The molecule has 0 aromatic carbocycles. The van der Waals surface area contributed by atoms with Crippen molar-refractivity contribution in [3.8, 4) is 5.88 Å². The van der Waals surface area contributed by atoms with E-state index < -0.39 is 21.5 Å². The van der Waals surface area contributed by atoms with Gasteiger partial charge < -0.3 is 4.18 Å². The molecule has 0 aliphatic rings. The van der Waals surface area contributed by atoms with Gasteiger partial charge in [0, 0.05) is 12.6 Å². The summed E-state index contributed by atoms with van der Waals surface area (Å²) < 4.78 is 63.9. The first-order valence-electron chi connectivity index (χ1n) is 5.78. The molecular formula is C10H15F3N2O3S. The van der Waals surface area contributed by atoms with Gasteiger partial charge in [-0.25, -0.2) is 4.68 Å². The average Bonchev–Trinajstić information content (AvgIpc) is 2.66. The maximum atomic E-state index is 12.2. The molecule has 110 valence electrons. The first-order valence-corrected chi connectivity index (χ1v) is 7.19. The Hall–Kier alpha value is -1.25. The van der Waals surface area contributed by atoms with E-state index in [1.807, 2.05) is 6.92 Å². The predicted octanol–water partition coefficient (Wildman–Crippen LogP) is 2.47. The second-order valence-electron chi connectivity index (χ2n) is 3.89. The summed E-state index contributed by atoms with van der Waals surface area (Å²) in [7, 11) is -5.65. The topological polar surface area (TPSA) is 61.2 Å². The van der Waals surface area contributed by atoms with Gasteiger partial charge in [0.25, 0.3) is 0 Å². The van der Waals surface area contributed by atoms with Gasteiger partial charge in [-0.1, -0.05) is 20.3 Å². The minimum Gasteiger partial charge on any atom is -0.356 e. The Balaban J connectivity index is 3.02. The van der Waals surface area contributed by atoms with Gasteiger partial charge in [0.15, 0.2) is 0 Å². The first-order chi connectivity index (χ1) is 8.71. The summed E-state index contributed by atoms with van der Waals surface area (Å²) in [6, 6.07) is 1.21. The lowest BCUT2D eigenvalue weighted by molar-refractivity contribution is -0.0502. The average molecular weight is 300 g/mol. The first kappa shape index (κ1) is 15.8. The normalized spacial score (nSPS) is 12.7. The maximum Gasteiger partial charge on any atom is 0.534 e. The van der Waals surface area contributed by atoms with Crippen molar-refractivity contribution in [2.75, 3.05) is 0 Å². The van der Waals surface area contributed by atoms with Crippen molar-refractivity contribution in [1.29, 1.82) is 0 Å². The van der Waals surface area contributed by atoms with Crippen LogP contribution in [0.15, 0.2) is 6.07 Å². The highest BCUT2D eigenvalue weighted by atomic mass is 32.2. The molecule has 0 N–H and O–H groups in total. The Morgan fingerprint density at radius 2 is 2.00 bits per heavy atom. The number of halogens is 3. The van der Waals surface area contributed by atoms with Crippen LogP contribution in [0.5, 0.6) is 5.88 Å². The summed E-state index contributed by atoms with van der Waals surface area (Å²) in [5, 5.41) is 3.99. The molecule has 0 amide bonds. The highest BCUT2D eigenvalue weighted by molar-refractivity contribution is 7.87. The molecule has 0 fully saturated rings. The van der Waals surface area contributed by atoms with Crippen molar-refractivity contribution < 1.29 is 25.8 Å². The monoisotopic (exact) mass is 300 g/mol. The standard InChI is InChI=1S/C10H15F3N2O3S/c1-3-5-6-15-9(7-8(4-2)14-15)18-19(16,17)10(11,12)13/h7H,3-6H2,1-2H3. The van der Waals surface area contributed by atoms with E-state index in [1.165, 1.54) is 6.07 Å². The lowest BCUT2D eigenvalue weighted by Crippen LogP contribution is -2.28. The fourth-order valence-corrected chi connectivity index (χ4v) is 1.77. The van der Waals surface area contributed by atoms with Crippen molar-refractivity contribution in [1.82, 2.24) is 9.78 Å². The van der Waals surface area contributed by atoms with Crippen molar-refractivity contribution in [2.45, 2.75) is 45.2 Å². The predicted molar refractivity (Wildman–Crippen MR) is 62.1 cm³/mol. The molecule has 1 aromatic heterocycles. The number of alkyl halides is 3. The van der Waals surface area contributed by atoms with Gasteiger partial charge in [0.1, 0.15) is 0 Å². The van der Waals surface area contributed by atoms with Crippen LogP contribution in [0.4, 0.5) is 13.2 Å². The molecule has 19 heavy (non-hydrogen) atoms. The number of unbranched alkanes of at least 4 members (excludes halogenated alkanes) is 1. The van der Waals surface area contributed by atoms with E-state index in [4.69, 9.17) is 0 Å². The lowest BCUT2D eigenvalue weighted by Gasteiger charge is -2.10. The van der Waals surface area contributed by atoms with Crippen LogP contribution in [0, 0.1) is 0 Å². The zero-order valence-corrected chi connectivity index (χ0v) is 11.4. The SMILES string of the molecule is CCCCn1nc(CC)cc1OS(=O)(=O)C(F)(F)F. The van der Waals surface area contributed by atoms with Crippen LogP contribution in [0.3, 0.4) is 0 Å². The van der Waals surface area contributed by atoms with Crippen molar-refractivity contribution in [3.63, 3.8) is 0 Å². The summed E-state index contributed by atoms with van der Waals surface area (Å²) >= 11 is 0. The molecule has 5 nitrogen and oxygen atoms in total. The molecule has 0 spiro atoms. The molecule has 0 saturated heterocycles. The molecule has 0 radical (unpaired) electrons. The zero-order valence-electron chi connectivity index (χ0n) is 10.6. The number of hydrogen-bond donors (Lipinski definition) is 0. The van der Waals surface area contributed by atoms with E-state index >= 15 is 0 Å². The van der Waals surface area contributed by atoms with E-state index in [0.29, 0.717) is 25.1 Å². The van der Waals surface area contributed by atoms with Crippen molar-refractivity contribution in [3.05, 3.63) is 11.8 Å². The molecule has 0 aliphatic carbocycles. The van der Waals surface area contributed by atoms with E-state index in [9.17, 15) is 21.6 Å². The summed E-state index contributed by atoms with van der Waals surface area (Å²) in [5.74, 6) is -0.400. The van der Waals surface area contributed by atoms with E-state index in [-0.39, 0.29) is 0 Å². The summed E-state index contributed by atoms with van der Waals surface area (Å²) in [4.78, 5) is 0. The van der Waals surface area contributed by atoms with Gasteiger partial charge in [-0.05, 0) is 12.8 Å². The highest BCUT2D eigenvalue weighted by Gasteiger charge is 2.49. The Kier molecular flexibility index (Phi) is 4.83. The number of hydrogen-bond acceptors (Lipinski definition) is 4. The van der Waals surface area contributed by atoms with Crippen molar-refractivity contribution >= 4 is 10.1 Å². The highest BCUT2D eigenvalue weighted by Crippen LogP contribution is 2.27. The Morgan fingerprint density at radius 3 is 2.47 bits per heavy atom. The Bertz CT molecular complexity index is 523. The summed E-state index contributed by atoms with van der Waals surface area (Å²) in [6.45, 7) is 3.96. The Labute approximate surface area is 109 Å². The third kappa shape index (κ3) is 3.85. The summed E-state index contributed by atoms with van der Waals surface area (Å²) in [6.07, 6.45) is 1.93. The van der Waals surface area contributed by atoms with Gasteiger partial charge in [0.05, 0.1) is 5.69 Å². The van der Waals surface area contributed by atoms with E-state index in [2.05, 4.69) is 9.28 Å². The largest absolute Gasteiger partial charge is 0.534 e. The minimum absolute atomic E-state index is 0.305. The molecule has 0 saturated carbocycles. The molecule has 0 aliphatic heterocycles. The van der Waals surface area contributed by atoms with Gasteiger partial charge in [-0.3, -0.25) is 0 Å². The van der Waals surface area contributed by atoms with Crippen LogP contribution < -0.4 is 4.18 Å². The zero-order chi connectivity index (χ0) is 14.7. The van der Waals surface area contributed by atoms with Crippen LogP contribution in [0.1, 0.15) is 32.4 Å². The molecule has 1 aromatic rings. The van der Waals surface area contributed by atoms with Crippen LogP contribution in [0.25, 0.3) is 0 Å². The van der Waals surface area contributed by atoms with Gasteiger partial charge >= 0.3 is 15.6 Å². The van der Waals surface area contributed by atoms with Gasteiger partial charge in [-0.15, -0.1) is 0 Å².